The maximum Gasteiger partial charge on any atom is 0.325 e. The van der Waals surface area contributed by atoms with Gasteiger partial charge in [-0.15, -0.1) is 0 Å². The summed E-state index contributed by atoms with van der Waals surface area (Å²) in [5.41, 5.74) is 0. The molecule has 2 amide bonds. The summed E-state index contributed by atoms with van der Waals surface area (Å²) in [6.45, 7) is 4.65. The topological polar surface area (TPSA) is 67.4 Å². The van der Waals surface area contributed by atoms with Gasteiger partial charge in [0, 0.05) is 6.54 Å². The van der Waals surface area contributed by atoms with E-state index in [1.165, 1.54) is 0 Å². The molecule has 2 N–H and O–H groups in total. The third-order valence-electron chi connectivity index (χ3n) is 1.51. The third kappa shape index (κ3) is 7.39. The van der Waals surface area contributed by atoms with Crippen LogP contribution >= 0.6 is 0 Å². The minimum Gasteiger partial charge on any atom is -0.465 e. The first kappa shape index (κ1) is 12.7. The minimum atomic E-state index is -0.418. The predicted octanol–water partition coefficient (Wildman–Crippen LogP) is 0.649. The molecule has 0 aromatic carbocycles. The van der Waals surface area contributed by atoms with E-state index >= 15 is 0 Å². The Morgan fingerprint density at radius 1 is 1.21 bits per heavy atom. The average molecular weight is 202 g/mol. The Kier molecular flexibility index (Phi) is 7.59. The van der Waals surface area contributed by atoms with E-state index in [9.17, 15) is 9.59 Å². The molecule has 0 fully saturated rings. The fourth-order valence-electron chi connectivity index (χ4n) is 0.806. The van der Waals surface area contributed by atoms with Crippen LogP contribution in [0.4, 0.5) is 4.79 Å². The van der Waals surface area contributed by atoms with Crippen molar-refractivity contribution in [2.24, 2.45) is 0 Å². The zero-order valence-corrected chi connectivity index (χ0v) is 8.76. The van der Waals surface area contributed by atoms with Crippen LogP contribution in [-0.4, -0.2) is 31.7 Å². The molecule has 0 aliphatic rings. The fraction of sp³-hybridized carbons (Fsp3) is 0.778. The molecule has 82 valence electrons. The molecule has 5 nitrogen and oxygen atoms in total. The van der Waals surface area contributed by atoms with Crippen LogP contribution in [0.5, 0.6) is 0 Å². The maximum absolute atomic E-state index is 11.0. The normalized spacial score (nSPS) is 9.29. The minimum absolute atomic E-state index is 0.0776. The van der Waals surface area contributed by atoms with Gasteiger partial charge in [0.25, 0.3) is 0 Å². The number of rotatable bonds is 6. The van der Waals surface area contributed by atoms with Crippen LogP contribution in [0.15, 0.2) is 0 Å². The van der Waals surface area contributed by atoms with E-state index < -0.39 is 5.97 Å². The summed E-state index contributed by atoms with van der Waals surface area (Å²) in [6, 6.07) is -0.327. The summed E-state index contributed by atoms with van der Waals surface area (Å²) in [5, 5.41) is 5.02. The van der Waals surface area contributed by atoms with Crippen LogP contribution in [-0.2, 0) is 9.53 Å². The molecule has 0 aromatic heterocycles. The number of amides is 2. The molecule has 0 rings (SSSR count). The van der Waals surface area contributed by atoms with Crippen LogP contribution < -0.4 is 10.6 Å². The fourth-order valence-corrected chi connectivity index (χ4v) is 0.806. The molecule has 0 heterocycles. The summed E-state index contributed by atoms with van der Waals surface area (Å²) < 4.78 is 4.64. The number of nitrogens with one attached hydrogen (secondary N) is 2. The van der Waals surface area contributed by atoms with Crippen LogP contribution in [0.1, 0.15) is 26.7 Å². The highest BCUT2D eigenvalue weighted by atomic mass is 16.5. The van der Waals surface area contributed by atoms with Gasteiger partial charge in [-0.05, 0) is 13.3 Å². The number of unbranched alkanes of at least 4 members (excludes halogenated alkanes) is 1. The Morgan fingerprint density at radius 3 is 2.50 bits per heavy atom. The first-order valence-corrected chi connectivity index (χ1v) is 4.88. The van der Waals surface area contributed by atoms with Gasteiger partial charge in [0.2, 0.25) is 0 Å². The predicted molar refractivity (Wildman–Crippen MR) is 52.9 cm³/mol. The van der Waals surface area contributed by atoms with Crippen LogP contribution in [0.2, 0.25) is 0 Å². The molecule has 0 aromatic rings. The maximum atomic E-state index is 11.0. The van der Waals surface area contributed by atoms with E-state index in [1.807, 2.05) is 6.92 Å². The average Bonchev–Trinajstić information content (AvgIpc) is 2.16. The van der Waals surface area contributed by atoms with Crippen molar-refractivity contribution in [3.63, 3.8) is 0 Å². The monoisotopic (exact) mass is 202 g/mol. The lowest BCUT2D eigenvalue weighted by molar-refractivity contribution is -0.141. The number of urea groups is 1. The lowest BCUT2D eigenvalue weighted by atomic mass is 10.3. The van der Waals surface area contributed by atoms with E-state index in [0.29, 0.717) is 13.2 Å². The molecule has 5 heteroatoms. The molecule has 0 spiro atoms. The van der Waals surface area contributed by atoms with Crippen molar-refractivity contribution in [1.29, 1.82) is 0 Å². The summed E-state index contributed by atoms with van der Waals surface area (Å²) in [6.07, 6.45) is 1.96. The number of ether oxygens (including phenoxy) is 1. The standard InChI is InChI=1S/C9H18N2O3/c1-3-5-6-10-9(13)11-7-8(12)14-4-2/h3-7H2,1-2H3,(H2,10,11,13). The molecule has 0 atom stereocenters. The van der Waals surface area contributed by atoms with Crippen molar-refractivity contribution in [2.45, 2.75) is 26.7 Å². The third-order valence-corrected chi connectivity index (χ3v) is 1.51. The lowest BCUT2D eigenvalue weighted by Crippen LogP contribution is -2.39. The van der Waals surface area contributed by atoms with E-state index in [0.717, 1.165) is 12.8 Å². The van der Waals surface area contributed by atoms with E-state index in [-0.39, 0.29) is 12.6 Å². The molecule has 0 radical (unpaired) electrons. The van der Waals surface area contributed by atoms with Gasteiger partial charge >= 0.3 is 12.0 Å². The largest absolute Gasteiger partial charge is 0.465 e. The number of carbonyl (C=O) groups is 2. The van der Waals surface area contributed by atoms with Gasteiger partial charge in [-0.1, -0.05) is 13.3 Å². The van der Waals surface area contributed by atoms with Crippen molar-refractivity contribution in [3.8, 4) is 0 Å². The van der Waals surface area contributed by atoms with E-state index in [4.69, 9.17) is 0 Å². The Morgan fingerprint density at radius 2 is 1.93 bits per heavy atom. The van der Waals surface area contributed by atoms with Crippen molar-refractivity contribution >= 4 is 12.0 Å². The van der Waals surface area contributed by atoms with E-state index in [1.54, 1.807) is 6.92 Å². The van der Waals surface area contributed by atoms with Gasteiger partial charge in [0.15, 0.2) is 0 Å². The van der Waals surface area contributed by atoms with Gasteiger partial charge in [0.05, 0.1) is 6.61 Å². The molecule has 0 bridgehead atoms. The number of hydrogen-bond donors (Lipinski definition) is 2. The quantitative estimate of drug-likeness (QED) is 0.491. The van der Waals surface area contributed by atoms with Crippen LogP contribution in [0, 0.1) is 0 Å². The Balaban J connectivity index is 3.39. The van der Waals surface area contributed by atoms with Crippen molar-refractivity contribution in [1.82, 2.24) is 10.6 Å². The summed E-state index contributed by atoms with van der Waals surface area (Å²) in [4.78, 5) is 21.8. The van der Waals surface area contributed by atoms with Crippen LogP contribution in [0.25, 0.3) is 0 Å². The first-order valence-electron chi connectivity index (χ1n) is 4.88. The van der Waals surface area contributed by atoms with Gasteiger partial charge in [-0.2, -0.15) is 0 Å². The van der Waals surface area contributed by atoms with E-state index in [2.05, 4.69) is 15.4 Å². The molecule has 0 saturated carbocycles. The van der Waals surface area contributed by atoms with Crippen molar-refractivity contribution < 1.29 is 14.3 Å². The van der Waals surface area contributed by atoms with Gasteiger partial charge < -0.3 is 15.4 Å². The number of carbonyl (C=O) groups excluding carboxylic acids is 2. The highest BCUT2D eigenvalue weighted by Gasteiger charge is 2.03. The number of esters is 1. The summed E-state index contributed by atoms with van der Waals surface area (Å²) in [7, 11) is 0. The SMILES string of the molecule is CCCCNC(=O)NCC(=O)OCC. The molecular formula is C9H18N2O3. The van der Waals surface area contributed by atoms with Crippen molar-refractivity contribution in [3.05, 3.63) is 0 Å². The second-order valence-electron chi connectivity index (χ2n) is 2.77. The summed E-state index contributed by atoms with van der Waals surface area (Å²) in [5.74, 6) is -0.418. The molecule has 0 unspecified atom stereocenters. The molecular weight excluding hydrogens is 184 g/mol. The molecule has 0 saturated heterocycles. The summed E-state index contributed by atoms with van der Waals surface area (Å²) >= 11 is 0. The zero-order chi connectivity index (χ0) is 10.8. The lowest BCUT2D eigenvalue weighted by Gasteiger charge is -2.06. The zero-order valence-electron chi connectivity index (χ0n) is 8.76. The Labute approximate surface area is 84.2 Å². The van der Waals surface area contributed by atoms with Gasteiger partial charge in [-0.25, -0.2) is 4.79 Å². The second kappa shape index (κ2) is 8.34. The second-order valence-corrected chi connectivity index (χ2v) is 2.77. The number of hydrogen-bond acceptors (Lipinski definition) is 3. The van der Waals surface area contributed by atoms with Gasteiger partial charge in [-0.3, -0.25) is 4.79 Å². The molecule has 14 heavy (non-hydrogen) atoms. The van der Waals surface area contributed by atoms with Crippen molar-refractivity contribution in [2.75, 3.05) is 19.7 Å². The van der Waals surface area contributed by atoms with Gasteiger partial charge in [0.1, 0.15) is 6.54 Å². The highest BCUT2D eigenvalue weighted by molar-refractivity contribution is 5.80. The highest BCUT2D eigenvalue weighted by Crippen LogP contribution is 1.82. The smallest absolute Gasteiger partial charge is 0.325 e. The Bertz CT molecular complexity index is 183. The Hall–Kier alpha value is -1.26. The molecule has 0 aliphatic carbocycles. The van der Waals surface area contributed by atoms with Crippen LogP contribution in [0.3, 0.4) is 0 Å². The first-order chi connectivity index (χ1) is 6.70. The molecule has 0 aliphatic heterocycles.